The Morgan fingerprint density at radius 2 is 1.92 bits per heavy atom. The van der Waals surface area contributed by atoms with E-state index < -0.39 is 0 Å². The van der Waals surface area contributed by atoms with Crippen LogP contribution in [0.25, 0.3) is 0 Å². The Hall–Kier alpha value is -2.56. The summed E-state index contributed by atoms with van der Waals surface area (Å²) in [6.45, 7) is 2.49. The van der Waals surface area contributed by atoms with E-state index in [2.05, 4.69) is 15.5 Å². The van der Waals surface area contributed by atoms with Crippen molar-refractivity contribution >= 4 is 11.4 Å². The normalized spacial score (nSPS) is 17.0. The maximum Gasteiger partial charge on any atom is 0.163 e. The zero-order valence-corrected chi connectivity index (χ0v) is 14.9. The predicted molar refractivity (Wildman–Crippen MR) is 100 cm³/mol. The lowest BCUT2D eigenvalue weighted by molar-refractivity contribution is 0.128. The summed E-state index contributed by atoms with van der Waals surface area (Å²) in [6, 6.07) is 12.5. The van der Waals surface area contributed by atoms with Gasteiger partial charge in [0.25, 0.3) is 0 Å². The number of nitrogens with one attached hydrogen (secondary N) is 1. The van der Waals surface area contributed by atoms with Gasteiger partial charge in [-0.1, -0.05) is 35.5 Å². The summed E-state index contributed by atoms with van der Waals surface area (Å²) in [6.07, 6.45) is 5.81. The summed E-state index contributed by atoms with van der Waals surface area (Å²) >= 11 is 0. The number of benzene rings is 1. The minimum absolute atomic E-state index is 0.420. The molecule has 0 aliphatic heterocycles. The van der Waals surface area contributed by atoms with Crippen LogP contribution in [0, 0.1) is 6.92 Å². The van der Waals surface area contributed by atoms with Crippen molar-refractivity contribution < 1.29 is 9.57 Å². The molecule has 1 aromatic heterocycles. The first-order chi connectivity index (χ1) is 12.3. The molecular weight excluding hydrogens is 314 g/mol. The van der Waals surface area contributed by atoms with Crippen molar-refractivity contribution in [1.82, 2.24) is 4.98 Å². The molecule has 1 aromatic carbocycles. The van der Waals surface area contributed by atoms with Crippen LogP contribution in [0.5, 0.6) is 5.75 Å². The van der Waals surface area contributed by atoms with E-state index in [1.165, 1.54) is 0 Å². The summed E-state index contributed by atoms with van der Waals surface area (Å²) in [5.41, 5.74) is 4.20. The van der Waals surface area contributed by atoms with Gasteiger partial charge >= 0.3 is 0 Å². The smallest absolute Gasteiger partial charge is 0.163 e. The standard InChI is InChI=1S/C20H25N3O2/c1-15-20(24-2)19(12-13-21-15)22-17-8-10-18(11-9-17)23-25-14-16-6-4-3-5-7-16/h3-7,12-13,17H,8-11,14H2,1-2H3,(H,21,22). The molecule has 132 valence electrons. The topological polar surface area (TPSA) is 55.7 Å². The molecule has 25 heavy (non-hydrogen) atoms. The fraction of sp³-hybridized carbons (Fsp3) is 0.400. The summed E-state index contributed by atoms with van der Waals surface area (Å²) in [5.74, 6) is 0.827. The molecule has 0 amide bonds. The molecule has 0 saturated heterocycles. The van der Waals surface area contributed by atoms with Crippen LogP contribution in [0.1, 0.15) is 36.9 Å². The van der Waals surface area contributed by atoms with Crippen molar-refractivity contribution in [3.8, 4) is 5.75 Å². The van der Waals surface area contributed by atoms with Crippen molar-refractivity contribution in [3.05, 3.63) is 53.9 Å². The lowest BCUT2D eigenvalue weighted by Crippen LogP contribution is -2.26. The van der Waals surface area contributed by atoms with E-state index in [1.54, 1.807) is 7.11 Å². The quantitative estimate of drug-likeness (QED) is 0.796. The summed E-state index contributed by atoms with van der Waals surface area (Å²) in [4.78, 5) is 9.78. The van der Waals surface area contributed by atoms with Crippen LogP contribution in [0.4, 0.5) is 5.69 Å². The monoisotopic (exact) mass is 339 g/mol. The van der Waals surface area contributed by atoms with Crippen LogP contribution in [-0.4, -0.2) is 23.8 Å². The molecule has 0 radical (unpaired) electrons. The maximum atomic E-state index is 5.50. The number of hydrogen-bond donors (Lipinski definition) is 1. The SMILES string of the molecule is COc1c(NC2CCC(=NOCc3ccccc3)CC2)ccnc1C. The van der Waals surface area contributed by atoms with Gasteiger partial charge in [0, 0.05) is 12.2 Å². The summed E-state index contributed by atoms with van der Waals surface area (Å²) in [5, 5.41) is 7.90. The third kappa shape index (κ3) is 4.72. The summed E-state index contributed by atoms with van der Waals surface area (Å²) in [7, 11) is 1.69. The van der Waals surface area contributed by atoms with Gasteiger partial charge in [-0.05, 0) is 44.2 Å². The van der Waals surface area contributed by atoms with Crippen LogP contribution >= 0.6 is 0 Å². The van der Waals surface area contributed by atoms with Crippen molar-refractivity contribution in [2.24, 2.45) is 5.16 Å². The molecule has 1 aliphatic carbocycles. The van der Waals surface area contributed by atoms with Gasteiger partial charge < -0.3 is 14.9 Å². The Kier molecular flexibility index (Phi) is 5.88. The van der Waals surface area contributed by atoms with E-state index in [9.17, 15) is 0 Å². The van der Waals surface area contributed by atoms with E-state index >= 15 is 0 Å². The fourth-order valence-electron chi connectivity index (χ4n) is 3.10. The van der Waals surface area contributed by atoms with E-state index in [4.69, 9.17) is 9.57 Å². The first kappa shape index (κ1) is 17.3. The number of aromatic nitrogens is 1. The van der Waals surface area contributed by atoms with Gasteiger partial charge in [0.05, 0.1) is 24.2 Å². The zero-order chi connectivity index (χ0) is 17.5. The average molecular weight is 339 g/mol. The predicted octanol–water partition coefficient (Wildman–Crippen LogP) is 4.33. The lowest BCUT2D eigenvalue weighted by atomic mass is 9.93. The molecule has 1 N–H and O–H groups in total. The molecule has 2 aromatic rings. The van der Waals surface area contributed by atoms with E-state index in [-0.39, 0.29) is 0 Å². The second-order valence-corrected chi connectivity index (χ2v) is 6.31. The highest BCUT2D eigenvalue weighted by Crippen LogP contribution is 2.29. The van der Waals surface area contributed by atoms with E-state index in [1.807, 2.05) is 49.5 Å². The van der Waals surface area contributed by atoms with Gasteiger partial charge in [0.15, 0.2) is 5.75 Å². The van der Waals surface area contributed by atoms with Crippen LogP contribution in [0.2, 0.25) is 0 Å². The molecule has 5 nitrogen and oxygen atoms in total. The van der Waals surface area contributed by atoms with Crippen molar-refractivity contribution in [3.63, 3.8) is 0 Å². The third-order valence-electron chi connectivity index (χ3n) is 4.48. The minimum atomic E-state index is 0.420. The highest BCUT2D eigenvalue weighted by atomic mass is 16.6. The van der Waals surface area contributed by atoms with Crippen LogP contribution in [0.3, 0.4) is 0 Å². The Morgan fingerprint density at radius 1 is 1.16 bits per heavy atom. The fourth-order valence-corrected chi connectivity index (χ4v) is 3.10. The van der Waals surface area contributed by atoms with Crippen molar-refractivity contribution in [2.45, 2.75) is 45.3 Å². The largest absolute Gasteiger partial charge is 0.493 e. The minimum Gasteiger partial charge on any atom is -0.493 e. The number of pyridine rings is 1. The first-order valence-corrected chi connectivity index (χ1v) is 8.74. The number of oxime groups is 1. The summed E-state index contributed by atoms with van der Waals surface area (Å²) < 4.78 is 5.47. The Bertz CT molecular complexity index is 706. The number of aryl methyl sites for hydroxylation is 1. The Balaban J connectivity index is 1.49. The van der Waals surface area contributed by atoms with Crippen molar-refractivity contribution in [1.29, 1.82) is 0 Å². The van der Waals surface area contributed by atoms with Gasteiger partial charge in [-0.2, -0.15) is 0 Å². The highest BCUT2D eigenvalue weighted by Gasteiger charge is 2.19. The maximum absolute atomic E-state index is 5.50. The molecule has 0 atom stereocenters. The second-order valence-electron chi connectivity index (χ2n) is 6.31. The number of rotatable bonds is 6. The van der Waals surface area contributed by atoms with Gasteiger partial charge in [-0.15, -0.1) is 0 Å². The van der Waals surface area contributed by atoms with Gasteiger partial charge in [0.1, 0.15) is 6.61 Å². The van der Waals surface area contributed by atoms with E-state index in [0.717, 1.165) is 54.1 Å². The molecule has 0 spiro atoms. The molecule has 0 bridgehead atoms. The van der Waals surface area contributed by atoms with Crippen LogP contribution in [-0.2, 0) is 11.4 Å². The Labute approximate surface area is 149 Å². The molecule has 0 unspecified atom stereocenters. The third-order valence-corrected chi connectivity index (χ3v) is 4.48. The van der Waals surface area contributed by atoms with Gasteiger partial charge in [-0.3, -0.25) is 4.98 Å². The Morgan fingerprint density at radius 3 is 2.64 bits per heavy atom. The highest BCUT2D eigenvalue weighted by molar-refractivity contribution is 5.84. The van der Waals surface area contributed by atoms with Crippen LogP contribution in [0.15, 0.2) is 47.8 Å². The first-order valence-electron chi connectivity index (χ1n) is 8.74. The number of methoxy groups -OCH3 is 1. The average Bonchev–Trinajstić information content (AvgIpc) is 2.64. The molecular formula is C20H25N3O2. The van der Waals surface area contributed by atoms with Crippen LogP contribution < -0.4 is 10.1 Å². The second kappa shape index (κ2) is 8.51. The number of hydrogen-bond acceptors (Lipinski definition) is 5. The number of nitrogens with zero attached hydrogens (tertiary/aromatic N) is 2. The molecule has 1 saturated carbocycles. The van der Waals surface area contributed by atoms with Gasteiger partial charge in [0.2, 0.25) is 0 Å². The molecule has 3 rings (SSSR count). The number of ether oxygens (including phenoxy) is 1. The molecule has 1 aliphatic rings. The van der Waals surface area contributed by atoms with Gasteiger partial charge in [-0.25, -0.2) is 0 Å². The number of anilines is 1. The molecule has 1 fully saturated rings. The zero-order valence-electron chi connectivity index (χ0n) is 14.9. The lowest BCUT2D eigenvalue weighted by Gasteiger charge is -2.25. The molecule has 1 heterocycles. The van der Waals surface area contributed by atoms with Crippen molar-refractivity contribution in [2.75, 3.05) is 12.4 Å². The molecule has 5 heteroatoms. The van der Waals surface area contributed by atoms with E-state index in [0.29, 0.717) is 12.6 Å².